The number of nitrogens with zero attached hydrogens (tertiary/aromatic N) is 4. The van der Waals surface area contributed by atoms with E-state index in [4.69, 9.17) is 20.3 Å². The molecule has 3 unspecified atom stereocenters. The van der Waals surface area contributed by atoms with Gasteiger partial charge in [-0.1, -0.05) is 0 Å². The van der Waals surface area contributed by atoms with Crippen LogP contribution < -0.4 is 5.73 Å². The highest BCUT2D eigenvalue weighted by Crippen LogP contribution is 2.66. The number of hydrogen-bond donors (Lipinski definition) is 7. The maximum atomic E-state index is 15.8. The van der Waals surface area contributed by atoms with Crippen LogP contribution in [0.15, 0.2) is 24.8 Å². The van der Waals surface area contributed by atoms with Gasteiger partial charge in [0.05, 0.1) is 17.7 Å². The molecule has 0 bridgehead atoms. The number of alkyl halides is 1. The fourth-order valence-electron chi connectivity index (χ4n) is 3.72. The second-order valence-corrected chi connectivity index (χ2v) is 12.3. The summed E-state index contributed by atoms with van der Waals surface area (Å²) in [5, 5.41) is 17.4. The highest BCUT2D eigenvalue weighted by molar-refractivity contribution is 7.66. The molecule has 0 spiro atoms. The van der Waals surface area contributed by atoms with Gasteiger partial charge in [-0.3, -0.25) is 9.62 Å². The van der Waals surface area contributed by atoms with Crippen molar-refractivity contribution in [1.82, 2.24) is 24.7 Å². The van der Waals surface area contributed by atoms with E-state index in [0.717, 1.165) is 13.3 Å². The van der Waals surface area contributed by atoms with Crippen LogP contribution in [0.5, 0.6) is 0 Å². The first kappa shape index (κ1) is 27.9. The van der Waals surface area contributed by atoms with Crippen molar-refractivity contribution in [3.05, 3.63) is 24.8 Å². The second kappa shape index (κ2) is 9.57. The zero-order valence-electron chi connectivity index (χ0n) is 18.4. The maximum Gasteiger partial charge on any atom is 0.490 e. The van der Waals surface area contributed by atoms with Crippen molar-refractivity contribution >= 4 is 40.3 Å². The monoisotopic (exact) mass is 588 g/mol. The molecule has 0 amide bonds. The number of ether oxygens (including phenoxy) is 1. The van der Waals surface area contributed by atoms with Crippen LogP contribution in [0, 0.1) is 0 Å². The van der Waals surface area contributed by atoms with E-state index >= 15 is 4.39 Å². The van der Waals surface area contributed by atoms with Gasteiger partial charge in [0.1, 0.15) is 30.0 Å². The lowest BCUT2D eigenvalue weighted by Crippen LogP contribution is -2.40. The van der Waals surface area contributed by atoms with E-state index in [1.807, 2.05) is 0 Å². The number of nitrogens with two attached hydrogens (primary N) is 1. The van der Waals surface area contributed by atoms with Crippen LogP contribution in [-0.2, 0) is 31.6 Å². The van der Waals surface area contributed by atoms with E-state index in [1.54, 1.807) is 6.07 Å². The lowest BCUT2D eigenvalue weighted by atomic mass is 9.98. The van der Waals surface area contributed by atoms with Crippen LogP contribution in [0.1, 0.15) is 13.2 Å². The molecule has 3 aromatic heterocycles. The number of hydrogen-bond acceptors (Lipinski definition) is 12. The third-order valence-corrected chi connectivity index (χ3v) is 9.02. The number of halogens is 1. The quantitative estimate of drug-likeness (QED) is 0.170. The maximum absolute atomic E-state index is 15.8. The summed E-state index contributed by atoms with van der Waals surface area (Å²) in [6, 6.07) is 1.61. The number of aromatic amines is 1. The minimum atomic E-state index is -5.77. The van der Waals surface area contributed by atoms with E-state index < -0.39 is 54.2 Å². The van der Waals surface area contributed by atoms with Crippen molar-refractivity contribution in [3.63, 3.8) is 0 Å². The third-order valence-electron chi connectivity index (χ3n) is 5.22. The van der Waals surface area contributed by atoms with Gasteiger partial charge >= 0.3 is 23.5 Å². The van der Waals surface area contributed by atoms with Gasteiger partial charge in [-0.25, -0.2) is 28.1 Å². The summed E-state index contributed by atoms with van der Waals surface area (Å²) in [5.41, 5.74) is 4.47. The van der Waals surface area contributed by atoms with Gasteiger partial charge in [-0.2, -0.15) is 13.7 Å². The van der Waals surface area contributed by atoms with Crippen molar-refractivity contribution in [2.24, 2.45) is 0 Å². The number of fused-ring (bicyclic) bond motifs is 1. The Morgan fingerprint density at radius 2 is 1.92 bits per heavy atom. The number of aromatic nitrogens is 5. The smallest absolute Gasteiger partial charge is 0.387 e. The molecule has 6 atom stereocenters. The molecule has 22 heteroatoms. The Hall–Kier alpha value is -2.11. The molecule has 1 saturated heterocycles. The van der Waals surface area contributed by atoms with Crippen molar-refractivity contribution in [2.75, 3.05) is 12.3 Å². The Kier molecular flexibility index (Phi) is 7.22. The second-order valence-electron chi connectivity index (χ2n) is 7.89. The number of aliphatic hydroxyl groups excluding tert-OH is 1. The largest absolute Gasteiger partial charge is 0.490 e. The molecule has 1 aliphatic heterocycles. The van der Waals surface area contributed by atoms with Crippen LogP contribution in [0.3, 0.4) is 0 Å². The minimum absolute atomic E-state index is 0.0525. The first-order chi connectivity index (χ1) is 17.0. The van der Waals surface area contributed by atoms with Crippen LogP contribution >= 0.6 is 23.5 Å². The van der Waals surface area contributed by atoms with Gasteiger partial charge < -0.3 is 39.7 Å². The van der Waals surface area contributed by atoms with Crippen molar-refractivity contribution in [1.29, 1.82) is 0 Å². The van der Waals surface area contributed by atoms with E-state index in [1.165, 1.54) is 17.0 Å². The lowest BCUT2D eigenvalue weighted by Gasteiger charge is -2.25. The SMILES string of the molecule is CC1(F)[C@H](O)[C@@H](COP(=O)(O)OP(=O)(O)OP(=O)(O)O)O[C@H]1n1cc(-c2ccn[nH]2)c2c(N)ncnc21. The highest BCUT2D eigenvalue weighted by atomic mass is 31.3. The Labute approximate surface area is 205 Å². The number of rotatable bonds is 9. The summed E-state index contributed by atoms with van der Waals surface area (Å²) < 4.78 is 68.5. The lowest BCUT2D eigenvalue weighted by molar-refractivity contribution is -0.0557. The summed E-state index contributed by atoms with van der Waals surface area (Å²) in [6.45, 7) is -0.0794. The molecule has 4 rings (SSSR count). The molecule has 3 aromatic rings. The molecule has 4 heterocycles. The molecule has 0 aliphatic carbocycles. The number of H-pyrrole nitrogens is 1. The number of anilines is 1. The number of nitrogen functional groups attached to an aromatic ring is 1. The molecule has 8 N–H and O–H groups in total. The molecule has 37 heavy (non-hydrogen) atoms. The van der Waals surface area contributed by atoms with E-state index in [2.05, 4.69) is 33.3 Å². The Balaban J connectivity index is 1.59. The summed E-state index contributed by atoms with van der Waals surface area (Å²) in [6.07, 6.45) is -1.20. The topological polar surface area (TPSA) is 275 Å². The molecule has 18 nitrogen and oxygen atoms in total. The molecule has 1 aliphatic rings. The van der Waals surface area contributed by atoms with Crippen LogP contribution in [0.2, 0.25) is 0 Å². The van der Waals surface area contributed by atoms with Gasteiger partial charge in [0.2, 0.25) is 0 Å². The molecular weight excluding hydrogens is 568 g/mol. The summed E-state index contributed by atoms with van der Waals surface area (Å²) in [5.74, 6) is 0.0525. The standard InChI is InChI=1S/C15H20FN6O12P3/c1-15(16)11(23)9(5-31-36(27,28)34-37(29,30)33-35(24,25)26)32-14(15)22-4-7(8-2-3-20-21-8)10-12(17)18-6-19-13(10)22/h2-4,6,9,11,14,23H,5H2,1H3,(H,20,21)(H,27,28)(H,29,30)(H2,17,18,19)(H2,24,25,26)/t9-,11-,14-,15?/m1/s1. The van der Waals surface area contributed by atoms with Crippen molar-refractivity contribution in [3.8, 4) is 11.3 Å². The predicted molar refractivity (Wildman–Crippen MR) is 119 cm³/mol. The number of phosphoric ester groups is 1. The summed E-state index contributed by atoms with van der Waals surface area (Å²) >= 11 is 0. The normalized spacial score (nSPS) is 27.8. The van der Waals surface area contributed by atoms with Gasteiger partial charge in [0.25, 0.3) is 0 Å². The molecule has 1 fully saturated rings. The number of nitrogens with one attached hydrogen (secondary N) is 1. The van der Waals surface area contributed by atoms with Gasteiger partial charge in [0.15, 0.2) is 11.9 Å². The van der Waals surface area contributed by atoms with E-state index in [0.29, 0.717) is 16.6 Å². The summed E-state index contributed by atoms with van der Waals surface area (Å²) in [7, 11) is -16.9. The average Bonchev–Trinajstić information content (AvgIpc) is 3.43. The average molecular weight is 588 g/mol. The number of aliphatic hydroxyl groups is 1. The Morgan fingerprint density at radius 3 is 2.54 bits per heavy atom. The van der Waals surface area contributed by atoms with Gasteiger partial charge in [-0.15, -0.1) is 0 Å². The zero-order valence-corrected chi connectivity index (χ0v) is 21.1. The van der Waals surface area contributed by atoms with Crippen molar-refractivity contribution < 1.29 is 60.6 Å². The molecule has 0 radical (unpaired) electrons. The number of phosphoric acid groups is 3. The van der Waals surface area contributed by atoms with E-state index in [9.17, 15) is 28.6 Å². The van der Waals surface area contributed by atoms with Crippen LogP contribution in [0.25, 0.3) is 22.3 Å². The van der Waals surface area contributed by atoms with Crippen molar-refractivity contribution in [2.45, 2.75) is 31.0 Å². The third kappa shape index (κ3) is 5.83. The molecule has 0 aromatic carbocycles. The molecule has 0 saturated carbocycles. The first-order valence-corrected chi connectivity index (χ1v) is 14.4. The Bertz CT molecular complexity index is 1440. The van der Waals surface area contributed by atoms with Gasteiger partial charge in [-0.05, 0) is 13.0 Å². The van der Waals surface area contributed by atoms with Gasteiger partial charge in [0, 0.05) is 18.0 Å². The first-order valence-electron chi connectivity index (χ1n) is 9.92. The van der Waals surface area contributed by atoms with E-state index in [-0.39, 0.29) is 11.5 Å². The highest BCUT2D eigenvalue weighted by Gasteiger charge is 2.56. The van der Waals surface area contributed by atoms with Crippen LogP contribution in [0.4, 0.5) is 10.2 Å². The fourth-order valence-corrected chi connectivity index (χ4v) is 6.75. The molecule has 204 valence electrons. The summed E-state index contributed by atoms with van der Waals surface area (Å²) in [4.78, 5) is 44.1. The Morgan fingerprint density at radius 1 is 1.22 bits per heavy atom. The minimum Gasteiger partial charge on any atom is -0.387 e. The molecular formula is C15H20FN6O12P3. The van der Waals surface area contributed by atoms with Crippen LogP contribution in [-0.4, -0.2) is 73.9 Å². The zero-order chi connectivity index (χ0) is 27.4. The fraction of sp³-hybridized carbons (Fsp3) is 0.400. The predicted octanol–water partition coefficient (Wildman–Crippen LogP) is 0.733.